The van der Waals surface area contributed by atoms with Gasteiger partial charge in [0.1, 0.15) is 67.0 Å². The number of nitrogens with zero attached hydrogens (tertiary/aromatic N) is 7. The van der Waals surface area contributed by atoms with Gasteiger partial charge in [-0.2, -0.15) is 0 Å². The van der Waals surface area contributed by atoms with Gasteiger partial charge in [0.05, 0.1) is 12.6 Å². The zero-order chi connectivity index (χ0) is 69.0. The number of carbonyl (C=O) groups is 12. The summed E-state index contributed by atoms with van der Waals surface area (Å²) in [6.07, 6.45) is 0.279. The molecule has 6 N–H and O–H groups in total. The summed E-state index contributed by atoms with van der Waals surface area (Å²) in [5.41, 5.74) is 0. The molecule has 26 nitrogen and oxygen atoms in total. The van der Waals surface area contributed by atoms with Crippen molar-refractivity contribution in [3.63, 3.8) is 0 Å². The predicted molar refractivity (Wildman–Crippen MR) is 337 cm³/mol. The Morgan fingerprint density at radius 3 is 1.38 bits per heavy atom. The van der Waals surface area contributed by atoms with Gasteiger partial charge in [-0.3, -0.25) is 52.7 Å². The molecule has 12 atom stereocenters. The van der Waals surface area contributed by atoms with E-state index in [-0.39, 0.29) is 68.8 Å². The third kappa shape index (κ3) is 23.5. The van der Waals surface area contributed by atoms with E-state index < -0.39 is 162 Å². The minimum Gasteiger partial charge on any atom is -0.450 e. The number of allylic oxidation sites excluding steroid dienone is 1. The highest BCUT2D eigenvalue weighted by Crippen LogP contribution is 2.26. The fraction of sp³-hybridized carbons (Fsp3) is 0.778. The molecule has 1 heterocycles. The number of nitrogens with one attached hydrogen (secondary N) is 4. The van der Waals surface area contributed by atoms with Crippen LogP contribution in [0.4, 0.5) is 4.79 Å². The lowest BCUT2D eigenvalue weighted by atomic mass is 9.91. The Hall–Kier alpha value is -6.86. The Kier molecular flexibility index (Phi) is 33.1. The molecule has 1 rings (SSSR count). The summed E-state index contributed by atoms with van der Waals surface area (Å²) >= 11 is 0. The first-order valence-corrected chi connectivity index (χ1v) is 31.3. The van der Waals surface area contributed by atoms with Crippen LogP contribution in [0.5, 0.6) is 0 Å². The van der Waals surface area contributed by atoms with Crippen LogP contribution in [0.1, 0.15) is 149 Å². The molecule has 0 aliphatic carbocycles. The Morgan fingerprint density at radius 2 is 0.921 bits per heavy atom. The molecule has 1 fully saturated rings. The molecule has 0 aromatic carbocycles. The number of carboxylic acid groups (broad SMARTS) is 1. The fourth-order valence-electron chi connectivity index (χ4n) is 10.8. The van der Waals surface area contributed by atoms with Crippen molar-refractivity contribution in [2.24, 2.45) is 41.4 Å². The molecule has 0 spiro atoms. The van der Waals surface area contributed by atoms with Crippen LogP contribution in [0.25, 0.3) is 0 Å². The molecule has 0 aromatic rings. The van der Waals surface area contributed by atoms with Gasteiger partial charge in [-0.25, -0.2) is 4.79 Å². The summed E-state index contributed by atoms with van der Waals surface area (Å²) in [7, 11) is 9.67. The molecule has 0 aromatic heterocycles. The molecular formula is C63H111N11O15. The van der Waals surface area contributed by atoms with E-state index in [4.69, 9.17) is 5.11 Å². The van der Waals surface area contributed by atoms with E-state index in [0.717, 1.165) is 9.80 Å². The van der Waals surface area contributed by atoms with Crippen LogP contribution in [0.15, 0.2) is 12.2 Å². The summed E-state index contributed by atoms with van der Waals surface area (Å²) in [5.74, 6) is -10.6. The Balaban J connectivity index is 4.35. The predicted octanol–water partition coefficient (Wildman–Crippen LogP) is 2.94. The van der Waals surface area contributed by atoms with Crippen LogP contribution in [0.2, 0.25) is 0 Å². The van der Waals surface area contributed by atoms with Crippen molar-refractivity contribution in [3.05, 3.63) is 12.2 Å². The van der Waals surface area contributed by atoms with E-state index in [1.54, 1.807) is 41.5 Å². The van der Waals surface area contributed by atoms with Crippen molar-refractivity contribution >= 4 is 71.1 Å². The topological polar surface area (TPSA) is 325 Å². The maximum atomic E-state index is 15.2. The van der Waals surface area contributed by atoms with E-state index in [9.17, 15) is 53.1 Å². The molecule has 0 radical (unpaired) electrons. The molecular weight excluding hydrogens is 1150 g/mol. The zero-order valence-corrected chi connectivity index (χ0v) is 57.5. The largest absolute Gasteiger partial charge is 0.506 e. The number of aliphatic hydroxyl groups is 1. The highest BCUT2D eigenvalue weighted by molar-refractivity contribution is 5.99. The molecule has 89 heavy (non-hydrogen) atoms. The average Bonchev–Trinajstić information content (AvgIpc) is 0.957. The lowest BCUT2D eigenvalue weighted by molar-refractivity contribution is -0.157. The second kappa shape index (κ2) is 36.7. The number of amides is 11. The number of ether oxygens (including phenoxy) is 1. The Morgan fingerprint density at radius 1 is 0.494 bits per heavy atom. The Labute approximate surface area is 529 Å². The van der Waals surface area contributed by atoms with E-state index >= 15 is 9.59 Å². The number of likely N-dealkylation sites (N-methyl/N-ethyl adjacent to an activating group) is 7. The molecule has 508 valence electrons. The van der Waals surface area contributed by atoms with E-state index in [1.807, 2.05) is 55.4 Å². The summed E-state index contributed by atoms with van der Waals surface area (Å²) in [6.45, 7) is 26.7. The highest BCUT2D eigenvalue weighted by atomic mass is 16.7. The van der Waals surface area contributed by atoms with Crippen LogP contribution in [0, 0.1) is 41.4 Å². The Bertz CT molecular complexity index is 2470. The first kappa shape index (κ1) is 80.2. The molecule has 1 aliphatic rings. The lowest BCUT2D eigenvalue weighted by Crippen LogP contribution is -2.63. The highest BCUT2D eigenvalue weighted by Gasteiger charge is 2.46. The van der Waals surface area contributed by atoms with Crippen molar-refractivity contribution in [3.8, 4) is 0 Å². The first-order valence-electron chi connectivity index (χ1n) is 31.3. The van der Waals surface area contributed by atoms with E-state index in [0.29, 0.717) is 0 Å². The van der Waals surface area contributed by atoms with Gasteiger partial charge in [0.2, 0.25) is 65.0 Å². The second-order valence-corrected chi connectivity index (χ2v) is 26.6. The van der Waals surface area contributed by atoms with E-state index in [2.05, 4.69) is 26.0 Å². The van der Waals surface area contributed by atoms with Gasteiger partial charge in [0, 0.05) is 49.3 Å². The minimum absolute atomic E-state index is 0.0389. The number of rotatable bonds is 17. The molecule has 0 saturated carbocycles. The van der Waals surface area contributed by atoms with Gasteiger partial charge in [0.15, 0.2) is 0 Å². The molecule has 26 heteroatoms. The molecule has 11 amide bonds. The average molecular weight is 1260 g/mol. The lowest BCUT2D eigenvalue weighted by Gasteiger charge is -2.41. The molecule has 0 bridgehead atoms. The van der Waals surface area contributed by atoms with Gasteiger partial charge in [-0.1, -0.05) is 109 Å². The van der Waals surface area contributed by atoms with Crippen molar-refractivity contribution in [1.82, 2.24) is 55.6 Å². The van der Waals surface area contributed by atoms with Crippen molar-refractivity contribution < 1.29 is 72.5 Å². The van der Waals surface area contributed by atoms with Crippen LogP contribution in [-0.4, -0.2) is 245 Å². The van der Waals surface area contributed by atoms with Crippen molar-refractivity contribution in [2.45, 2.75) is 216 Å². The SMILES string of the molecule is CCC1NC(=O)C(C(O)C(C)C/C=C/COC(=O)O)N(C)C(=O)C(C(C)C)N(C)C(=O)C(CC(C)C)N(C)C(=O)C(CC(C)C)N(C)C(=O)C(C)NC(=O)C(C)NC(=O)C(CC(C)C)N(C)C(=O)C(C(C)C)NC(=O)C(CC(C)C)N(C)C(=O)CN(C)C1=O. The number of aliphatic hydroxyl groups excluding tert-OH is 1. The van der Waals surface area contributed by atoms with Gasteiger partial charge >= 0.3 is 6.16 Å². The smallest absolute Gasteiger partial charge is 0.450 e. The van der Waals surface area contributed by atoms with Gasteiger partial charge in [-0.05, 0) is 93.8 Å². The van der Waals surface area contributed by atoms with Crippen molar-refractivity contribution in [1.29, 1.82) is 0 Å². The minimum atomic E-state index is -1.74. The number of hydrogen-bond donors (Lipinski definition) is 6. The zero-order valence-electron chi connectivity index (χ0n) is 57.5. The third-order valence-corrected chi connectivity index (χ3v) is 16.3. The van der Waals surface area contributed by atoms with Gasteiger partial charge in [-0.15, -0.1) is 0 Å². The monoisotopic (exact) mass is 1260 g/mol. The van der Waals surface area contributed by atoms with E-state index in [1.165, 1.54) is 99.8 Å². The van der Waals surface area contributed by atoms with Gasteiger partial charge < -0.3 is 70.5 Å². The molecule has 1 aliphatic heterocycles. The van der Waals surface area contributed by atoms with Gasteiger partial charge in [0.25, 0.3) is 0 Å². The summed E-state index contributed by atoms with van der Waals surface area (Å²) in [6, 6.07) is -12.8. The summed E-state index contributed by atoms with van der Waals surface area (Å²) < 4.78 is 4.56. The number of hydrogen-bond acceptors (Lipinski definition) is 14. The summed E-state index contributed by atoms with van der Waals surface area (Å²) in [5, 5.41) is 32.0. The third-order valence-electron chi connectivity index (χ3n) is 16.3. The first-order chi connectivity index (χ1) is 41.1. The van der Waals surface area contributed by atoms with Crippen LogP contribution >= 0.6 is 0 Å². The standard InChI is InChI=1S/C63H111N11O15/c1-24-43-58(82)68(17)33-48(75)69(18)44(29-34(2)3)55(79)67-49(38(10)11)61(85)70(19)45(30-35(4)5)54(78)64-41(15)53(77)65-42(16)57(81)71(20)46(31-36(6)7)59(83)72(21)47(32-37(8)9)60(84)73(22)50(39(12)13)62(86)74(23)51(56(80)66-43)52(76)40(14)27-25-26-28-89-63(87)88/h25-26,34-47,49-52,76H,24,27-33H2,1-23H3,(H,64,78)(H,65,77)(H,66,80)(H,67,79)(H,87,88)/b26-25+. The maximum Gasteiger partial charge on any atom is 0.506 e. The number of carbonyl (C=O) groups excluding carboxylic acids is 11. The van der Waals surface area contributed by atoms with Crippen LogP contribution in [-0.2, 0) is 57.5 Å². The second-order valence-electron chi connectivity index (χ2n) is 26.6. The quantitative estimate of drug-likeness (QED) is 0.0901. The van der Waals surface area contributed by atoms with Crippen molar-refractivity contribution in [2.75, 3.05) is 62.5 Å². The van der Waals surface area contributed by atoms with Crippen LogP contribution < -0.4 is 21.3 Å². The summed E-state index contributed by atoms with van der Waals surface area (Å²) in [4.78, 5) is 180. The fourth-order valence-corrected chi connectivity index (χ4v) is 10.8. The molecule has 12 unspecified atom stereocenters. The van der Waals surface area contributed by atoms with Crippen LogP contribution in [0.3, 0.4) is 0 Å². The normalized spacial score (nSPS) is 26.1. The molecule has 1 saturated heterocycles. The maximum absolute atomic E-state index is 15.2.